The Kier molecular flexibility index (Phi) is 11.9. The highest BCUT2D eigenvalue weighted by Gasteiger charge is 2.54. The standard InChI is InChI=1S/C24H29NO.C17H23NO.C2H2O4.ClH/c1-26-20-11-10-19-15-23-21-9-5-6-12-24(21,22(19)16-20)13-14-25(23)17-18-7-3-2-4-8-18;1-19-13-6-5-12-10-16-14-4-2-3-7-17(14,8-9-18-16)15(12)11-13;3-1(4)2(5)6;/h2-4,7-8,10-11,16,21,23H,5-6,9,12-15,17H2,1H3;5-6,11,14,16,18H,2-4,7-10H2,1H3;(H,3,4)(H,5,6);1H/t21-,23+,24+;14-,16+,17+;;/m11../s1. The molecule has 280 valence electrons. The summed E-state index contributed by atoms with van der Waals surface area (Å²) >= 11 is 0. The number of fused-ring (bicyclic) bond motifs is 2. The number of ether oxygens (including phenoxy) is 2. The minimum atomic E-state index is -1.82. The smallest absolute Gasteiger partial charge is 0.414 e. The molecule has 0 spiro atoms. The number of carboxylic acids is 2. The second-order valence-corrected chi connectivity index (χ2v) is 15.7. The van der Waals surface area contributed by atoms with Gasteiger partial charge in [0.1, 0.15) is 11.5 Å². The van der Waals surface area contributed by atoms with Gasteiger partial charge in [0.2, 0.25) is 0 Å². The number of methoxy groups -OCH3 is 2. The van der Waals surface area contributed by atoms with Crippen LogP contribution >= 0.6 is 12.4 Å². The zero-order valence-corrected chi connectivity index (χ0v) is 31.5. The van der Waals surface area contributed by atoms with Gasteiger partial charge in [-0.3, -0.25) is 4.90 Å². The average molecular weight is 731 g/mol. The molecule has 0 amide bonds. The monoisotopic (exact) mass is 730 g/mol. The molecule has 8 nitrogen and oxygen atoms in total. The molecule has 4 bridgehead atoms. The summed E-state index contributed by atoms with van der Waals surface area (Å²) in [5.74, 6) is 0.0926. The van der Waals surface area contributed by atoms with Crippen molar-refractivity contribution < 1.29 is 29.3 Å². The normalized spacial score (nSPS) is 29.3. The summed E-state index contributed by atoms with van der Waals surface area (Å²) in [6, 6.07) is 26.1. The third kappa shape index (κ3) is 7.19. The van der Waals surface area contributed by atoms with Gasteiger partial charge in [-0.1, -0.05) is 68.1 Å². The molecule has 0 radical (unpaired) electrons. The first-order valence-corrected chi connectivity index (χ1v) is 19.1. The van der Waals surface area contributed by atoms with E-state index in [0.717, 1.165) is 35.9 Å². The van der Waals surface area contributed by atoms with Crippen LogP contribution in [0.3, 0.4) is 0 Å². The highest BCUT2D eigenvalue weighted by molar-refractivity contribution is 6.27. The van der Waals surface area contributed by atoms with Crippen molar-refractivity contribution in [2.24, 2.45) is 11.8 Å². The summed E-state index contributed by atoms with van der Waals surface area (Å²) in [5, 5.41) is 18.6. The third-order valence-electron chi connectivity index (χ3n) is 13.4. The van der Waals surface area contributed by atoms with Crippen LogP contribution in [0.25, 0.3) is 0 Å². The van der Waals surface area contributed by atoms with Gasteiger partial charge in [0.05, 0.1) is 14.2 Å². The Morgan fingerprint density at radius 2 is 1.33 bits per heavy atom. The van der Waals surface area contributed by atoms with Gasteiger partial charge in [0.25, 0.3) is 0 Å². The average Bonchev–Trinajstić information content (AvgIpc) is 3.16. The first-order valence-electron chi connectivity index (χ1n) is 19.1. The third-order valence-corrected chi connectivity index (χ3v) is 13.4. The van der Waals surface area contributed by atoms with Crippen molar-refractivity contribution in [1.29, 1.82) is 0 Å². The summed E-state index contributed by atoms with van der Waals surface area (Å²) in [6.45, 7) is 3.52. The molecule has 4 fully saturated rings. The number of halogens is 1. The van der Waals surface area contributed by atoms with E-state index in [-0.39, 0.29) is 12.4 Å². The summed E-state index contributed by atoms with van der Waals surface area (Å²) in [4.78, 5) is 21.0. The van der Waals surface area contributed by atoms with Crippen LogP contribution in [0.1, 0.15) is 92.0 Å². The molecular formula is C43H55ClN2O6. The summed E-state index contributed by atoms with van der Waals surface area (Å²) in [7, 11) is 3.58. The first kappa shape index (κ1) is 38.1. The van der Waals surface area contributed by atoms with Crippen molar-refractivity contribution in [2.75, 3.05) is 27.3 Å². The van der Waals surface area contributed by atoms with Crippen LogP contribution in [0.2, 0.25) is 0 Å². The Balaban J connectivity index is 0.000000157. The number of carboxylic acid groups (broad SMARTS) is 2. The highest BCUT2D eigenvalue weighted by atomic mass is 35.5. The van der Waals surface area contributed by atoms with E-state index in [4.69, 9.17) is 29.3 Å². The largest absolute Gasteiger partial charge is 0.497 e. The second kappa shape index (κ2) is 16.2. The van der Waals surface area contributed by atoms with Crippen molar-refractivity contribution >= 4 is 24.3 Å². The van der Waals surface area contributed by atoms with Crippen LogP contribution in [-0.2, 0) is 39.8 Å². The Hall–Kier alpha value is -3.59. The molecule has 3 aromatic carbocycles. The van der Waals surface area contributed by atoms with Crippen molar-refractivity contribution in [1.82, 2.24) is 10.2 Å². The quantitative estimate of drug-likeness (QED) is 0.236. The fourth-order valence-electron chi connectivity index (χ4n) is 11.2. The molecule has 3 aromatic rings. The molecular weight excluding hydrogens is 676 g/mol. The SMILES string of the molecule is COc1ccc2c(c1)[C@]13CCCC[C@@H]1[C@H](C2)N(Cc1ccccc1)CC3.COc1ccc2c(c1)[C@]13CCCC[C@@H]1[C@H](C2)NCC3.Cl.O=C(O)C(=O)O. The number of hydrogen-bond acceptors (Lipinski definition) is 6. The van der Waals surface area contributed by atoms with Crippen LogP contribution in [-0.4, -0.2) is 66.4 Å². The van der Waals surface area contributed by atoms with Gasteiger partial charge in [-0.2, -0.15) is 0 Å². The number of likely N-dealkylation sites (tertiary alicyclic amines) is 1. The van der Waals surface area contributed by atoms with E-state index in [1.165, 1.54) is 95.7 Å². The molecule has 6 aliphatic rings. The number of nitrogens with one attached hydrogen (secondary N) is 1. The zero-order chi connectivity index (χ0) is 35.6. The first-order chi connectivity index (χ1) is 24.8. The Bertz CT molecular complexity index is 1700. The highest BCUT2D eigenvalue weighted by Crippen LogP contribution is 2.57. The summed E-state index contributed by atoms with van der Waals surface area (Å²) in [5.41, 5.74) is 8.69. The van der Waals surface area contributed by atoms with Gasteiger partial charge in [0, 0.05) is 29.5 Å². The zero-order valence-electron chi connectivity index (χ0n) is 30.6. The Morgan fingerprint density at radius 1 is 0.750 bits per heavy atom. The predicted molar refractivity (Wildman–Crippen MR) is 205 cm³/mol. The predicted octanol–water partition coefficient (Wildman–Crippen LogP) is 7.57. The van der Waals surface area contributed by atoms with Gasteiger partial charge in [-0.25, -0.2) is 9.59 Å². The Labute approximate surface area is 314 Å². The van der Waals surface area contributed by atoms with E-state index in [2.05, 4.69) is 76.9 Å². The number of carbonyl (C=O) groups is 2. The lowest BCUT2D eigenvalue weighted by Gasteiger charge is -2.59. The molecule has 52 heavy (non-hydrogen) atoms. The molecule has 4 aliphatic carbocycles. The number of piperidine rings is 2. The van der Waals surface area contributed by atoms with Gasteiger partial charge in [0.15, 0.2) is 0 Å². The maximum atomic E-state index is 9.10. The fraction of sp³-hybridized carbons (Fsp3) is 0.535. The van der Waals surface area contributed by atoms with E-state index in [1.807, 2.05) is 0 Å². The van der Waals surface area contributed by atoms with Gasteiger partial charge in [-0.15, -0.1) is 12.4 Å². The van der Waals surface area contributed by atoms with Crippen molar-refractivity contribution in [3.05, 3.63) is 94.5 Å². The van der Waals surface area contributed by atoms with E-state index in [1.54, 1.807) is 36.5 Å². The summed E-state index contributed by atoms with van der Waals surface area (Å²) in [6.07, 6.45) is 16.2. The molecule has 6 atom stereocenters. The van der Waals surface area contributed by atoms with Crippen LogP contribution in [0.4, 0.5) is 0 Å². The van der Waals surface area contributed by atoms with E-state index >= 15 is 0 Å². The van der Waals surface area contributed by atoms with Crippen molar-refractivity contribution in [2.45, 2.75) is 107 Å². The summed E-state index contributed by atoms with van der Waals surface area (Å²) < 4.78 is 11.1. The second-order valence-electron chi connectivity index (χ2n) is 15.7. The van der Waals surface area contributed by atoms with Crippen LogP contribution in [0.15, 0.2) is 66.7 Å². The Morgan fingerprint density at radius 3 is 1.92 bits per heavy atom. The van der Waals surface area contributed by atoms with Crippen LogP contribution in [0.5, 0.6) is 11.5 Å². The molecule has 0 unspecified atom stereocenters. The maximum Gasteiger partial charge on any atom is 0.414 e. The molecule has 2 aliphatic heterocycles. The molecule has 2 saturated carbocycles. The molecule has 2 saturated heterocycles. The number of rotatable bonds is 4. The lowest BCUT2D eigenvalue weighted by Crippen LogP contribution is -2.60. The van der Waals surface area contributed by atoms with E-state index in [9.17, 15) is 0 Å². The lowest BCUT2D eigenvalue weighted by molar-refractivity contribution is -0.159. The van der Waals surface area contributed by atoms with Crippen molar-refractivity contribution in [3.63, 3.8) is 0 Å². The number of hydrogen-bond donors (Lipinski definition) is 3. The fourth-order valence-corrected chi connectivity index (χ4v) is 11.2. The number of aliphatic carboxylic acids is 2. The van der Waals surface area contributed by atoms with Gasteiger partial charge >= 0.3 is 11.9 Å². The minimum Gasteiger partial charge on any atom is -0.497 e. The molecule has 2 heterocycles. The number of benzene rings is 3. The minimum absolute atomic E-state index is 0. The van der Waals surface area contributed by atoms with Crippen LogP contribution in [0, 0.1) is 11.8 Å². The lowest BCUT2D eigenvalue weighted by atomic mass is 9.52. The molecule has 0 aromatic heterocycles. The topological polar surface area (TPSA) is 108 Å². The molecule has 9 rings (SSSR count). The van der Waals surface area contributed by atoms with Crippen LogP contribution < -0.4 is 14.8 Å². The van der Waals surface area contributed by atoms with Gasteiger partial charge < -0.3 is 25.0 Å². The van der Waals surface area contributed by atoms with Gasteiger partial charge in [-0.05, 0) is 128 Å². The molecule has 9 heteroatoms. The molecule has 3 N–H and O–H groups in total. The van der Waals surface area contributed by atoms with Crippen molar-refractivity contribution in [3.8, 4) is 11.5 Å². The number of nitrogens with zero attached hydrogens (tertiary/aromatic N) is 1. The van der Waals surface area contributed by atoms with E-state index in [0.29, 0.717) is 16.9 Å². The maximum absolute atomic E-state index is 9.10. The van der Waals surface area contributed by atoms with E-state index < -0.39 is 11.9 Å².